The number of carboxylic acid groups (broad SMARTS) is 1. The molecule has 126 valence electrons. The summed E-state index contributed by atoms with van der Waals surface area (Å²) in [6.45, 7) is 1.26. The Morgan fingerprint density at radius 3 is 2.74 bits per heavy atom. The van der Waals surface area contributed by atoms with Crippen LogP contribution < -0.4 is 4.72 Å². The Labute approximate surface area is 132 Å². The van der Waals surface area contributed by atoms with E-state index in [4.69, 9.17) is 14.3 Å². The van der Waals surface area contributed by atoms with E-state index in [2.05, 4.69) is 4.72 Å². The summed E-state index contributed by atoms with van der Waals surface area (Å²) in [4.78, 5) is 10.9. The molecular formula is C14H16FNO6S. The summed E-state index contributed by atoms with van der Waals surface area (Å²) < 4.78 is 50.4. The van der Waals surface area contributed by atoms with Crippen molar-refractivity contribution < 1.29 is 31.9 Å². The summed E-state index contributed by atoms with van der Waals surface area (Å²) in [7, 11) is -2.81. The van der Waals surface area contributed by atoms with E-state index in [1.54, 1.807) is 0 Å². The highest BCUT2D eigenvalue weighted by Gasteiger charge is 2.34. The maximum Gasteiger partial charge on any atom is 0.305 e. The molecule has 7 nitrogen and oxygen atoms in total. The van der Waals surface area contributed by atoms with Gasteiger partial charge in [-0.1, -0.05) is 0 Å². The molecule has 1 aromatic heterocycles. The fourth-order valence-electron chi connectivity index (χ4n) is 2.27. The Bertz CT molecular complexity index is 831. The molecule has 0 aliphatic heterocycles. The number of hydrogen-bond acceptors (Lipinski definition) is 5. The maximum atomic E-state index is 13.2. The summed E-state index contributed by atoms with van der Waals surface area (Å²) in [5.41, 5.74) is -1.15. The number of benzene rings is 1. The zero-order valence-electron chi connectivity index (χ0n) is 12.5. The number of hydrogen-bond donors (Lipinski definition) is 2. The summed E-state index contributed by atoms with van der Waals surface area (Å²) in [6, 6.07) is 4.78. The first-order valence-corrected chi connectivity index (χ1v) is 8.07. The van der Waals surface area contributed by atoms with Gasteiger partial charge in [-0.2, -0.15) is 4.72 Å². The molecule has 2 N–H and O–H groups in total. The van der Waals surface area contributed by atoms with Crippen molar-refractivity contribution >= 4 is 27.0 Å². The summed E-state index contributed by atoms with van der Waals surface area (Å²) in [6.07, 6.45) is -0.477. The minimum Gasteiger partial charge on any atom is -0.481 e. The number of rotatable bonds is 7. The van der Waals surface area contributed by atoms with Crippen molar-refractivity contribution in [3.63, 3.8) is 0 Å². The van der Waals surface area contributed by atoms with E-state index in [1.165, 1.54) is 26.2 Å². The van der Waals surface area contributed by atoms with Crippen LogP contribution in [0.15, 0.2) is 33.8 Å². The fourth-order valence-corrected chi connectivity index (χ4v) is 3.63. The minimum atomic E-state index is -4.14. The highest BCUT2D eigenvalue weighted by molar-refractivity contribution is 7.89. The van der Waals surface area contributed by atoms with E-state index in [0.717, 1.165) is 12.1 Å². The topological polar surface area (TPSA) is 106 Å². The number of carboxylic acids is 1. The monoisotopic (exact) mass is 345 g/mol. The van der Waals surface area contributed by atoms with Crippen molar-refractivity contribution in [2.75, 3.05) is 13.7 Å². The molecule has 1 unspecified atom stereocenters. The first-order valence-electron chi connectivity index (χ1n) is 6.59. The first kappa shape index (κ1) is 17.4. The quantitative estimate of drug-likeness (QED) is 0.792. The lowest BCUT2D eigenvalue weighted by atomic mass is 10.0. The van der Waals surface area contributed by atoms with Crippen LogP contribution in [0.25, 0.3) is 11.0 Å². The van der Waals surface area contributed by atoms with Crippen molar-refractivity contribution in [2.45, 2.75) is 24.0 Å². The van der Waals surface area contributed by atoms with Gasteiger partial charge in [-0.05, 0) is 25.1 Å². The van der Waals surface area contributed by atoms with Gasteiger partial charge in [-0.3, -0.25) is 4.79 Å². The van der Waals surface area contributed by atoms with Gasteiger partial charge in [-0.15, -0.1) is 0 Å². The van der Waals surface area contributed by atoms with Crippen LogP contribution in [0, 0.1) is 5.82 Å². The molecule has 0 aliphatic rings. The molecular weight excluding hydrogens is 329 g/mol. The van der Waals surface area contributed by atoms with Gasteiger partial charge in [0.2, 0.25) is 5.09 Å². The predicted molar refractivity (Wildman–Crippen MR) is 79.0 cm³/mol. The number of carbonyl (C=O) groups is 1. The van der Waals surface area contributed by atoms with Gasteiger partial charge in [0.15, 0.2) is 0 Å². The number of aliphatic carboxylic acids is 1. The molecule has 1 atom stereocenters. The molecule has 0 aliphatic carbocycles. The number of methoxy groups -OCH3 is 1. The lowest BCUT2D eigenvalue weighted by molar-refractivity contribution is -0.138. The third-order valence-electron chi connectivity index (χ3n) is 3.11. The average Bonchev–Trinajstić information content (AvgIpc) is 2.80. The summed E-state index contributed by atoms with van der Waals surface area (Å²) in [5.74, 6) is -1.70. The van der Waals surface area contributed by atoms with Gasteiger partial charge >= 0.3 is 5.97 Å². The second-order valence-electron chi connectivity index (χ2n) is 5.42. The molecule has 0 fully saturated rings. The lowest BCUT2D eigenvalue weighted by Gasteiger charge is -2.27. The van der Waals surface area contributed by atoms with Gasteiger partial charge in [0.1, 0.15) is 11.4 Å². The Morgan fingerprint density at radius 1 is 1.43 bits per heavy atom. The Balaban J connectivity index is 2.36. The molecule has 2 aromatic rings. The molecule has 2 rings (SSSR count). The van der Waals surface area contributed by atoms with Crippen LogP contribution in [-0.2, 0) is 19.6 Å². The Morgan fingerprint density at radius 2 is 2.13 bits per heavy atom. The maximum absolute atomic E-state index is 13.2. The lowest BCUT2D eigenvalue weighted by Crippen LogP contribution is -2.50. The van der Waals surface area contributed by atoms with Crippen molar-refractivity contribution in [1.29, 1.82) is 0 Å². The third-order valence-corrected chi connectivity index (χ3v) is 4.60. The number of nitrogens with one attached hydrogen (secondary N) is 1. The van der Waals surface area contributed by atoms with Gasteiger partial charge in [0.05, 0.1) is 18.6 Å². The van der Waals surface area contributed by atoms with E-state index in [0.29, 0.717) is 0 Å². The van der Waals surface area contributed by atoms with Gasteiger partial charge in [0.25, 0.3) is 10.0 Å². The molecule has 0 bridgehead atoms. The average molecular weight is 345 g/mol. The SMILES string of the molecule is COCC(C)(CC(=O)O)NS(=O)(=O)c1cc2cc(F)ccc2o1. The second kappa shape index (κ2) is 6.26. The predicted octanol–water partition coefficient (Wildman–Crippen LogP) is 1.73. The van der Waals surface area contributed by atoms with Gasteiger partial charge < -0.3 is 14.3 Å². The first-order chi connectivity index (χ1) is 10.6. The highest BCUT2D eigenvalue weighted by Crippen LogP contribution is 2.25. The molecule has 1 heterocycles. The minimum absolute atomic E-state index is 0.145. The van der Waals surface area contributed by atoms with E-state index >= 15 is 0 Å². The van der Waals surface area contributed by atoms with Crippen LogP contribution in [0.5, 0.6) is 0 Å². The Hall–Kier alpha value is -1.97. The van der Waals surface area contributed by atoms with Crippen molar-refractivity contribution in [3.05, 3.63) is 30.1 Å². The fraction of sp³-hybridized carbons (Fsp3) is 0.357. The second-order valence-corrected chi connectivity index (χ2v) is 7.03. The highest BCUT2D eigenvalue weighted by atomic mass is 32.2. The van der Waals surface area contributed by atoms with Gasteiger partial charge in [0, 0.05) is 18.6 Å². The molecule has 0 amide bonds. The Kier molecular flexibility index (Phi) is 4.73. The van der Waals surface area contributed by atoms with Crippen LogP contribution in [0.3, 0.4) is 0 Å². The molecule has 0 radical (unpaired) electrons. The largest absolute Gasteiger partial charge is 0.481 e. The zero-order chi connectivity index (χ0) is 17.3. The van der Waals surface area contributed by atoms with Crippen molar-refractivity contribution in [3.8, 4) is 0 Å². The number of fused-ring (bicyclic) bond motifs is 1. The standard InChI is InChI=1S/C14H16FNO6S/c1-14(8-21-2,7-12(17)18)16-23(19,20)13-6-9-5-10(15)3-4-11(9)22-13/h3-6,16H,7-8H2,1-2H3,(H,17,18). The molecule has 0 saturated carbocycles. The van der Waals surface area contributed by atoms with Crippen LogP contribution >= 0.6 is 0 Å². The molecule has 0 saturated heterocycles. The molecule has 0 spiro atoms. The number of furan rings is 1. The number of halogens is 1. The number of ether oxygens (including phenoxy) is 1. The molecule has 23 heavy (non-hydrogen) atoms. The van der Waals surface area contributed by atoms with Crippen LogP contribution in [0.4, 0.5) is 4.39 Å². The van der Waals surface area contributed by atoms with E-state index in [-0.39, 0.29) is 17.6 Å². The van der Waals surface area contributed by atoms with Crippen molar-refractivity contribution in [1.82, 2.24) is 4.72 Å². The van der Waals surface area contributed by atoms with E-state index < -0.39 is 38.9 Å². The van der Waals surface area contributed by atoms with Crippen LogP contribution in [0.1, 0.15) is 13.3 Å². The molecule has 9 heteroatoms. The summed E-state index contributed by atoms with van der Waals surface area (Å²) in [5, 5.41) is 8.80. The zero-order valence-corrected chi connectivity index (χ0v) is 13.3. The summed E-state index contributed by atoms with van der Waals surface area (Å²) >= 11 is 0. The normalized spacial score (nSPS) is 14.7. The number of sulfonamides is 1. The van der Waals surface area contributed by atoms with Crippen LogP contribution in [0.2, 0.25) is 0 Å². The smallest absolute Gasteiger partial charge is 0.305 e. The third kappa shape index (κ3) is 4.06. The van der Waals surface area contributed by atoms with Crippen LogP contribution in [-0.4, -0.2) is 38.7 Å². The molecule has 1 aromatic carbocycles. The van der Waals surface area contributed by atoms with E-state index in [1.807, 2.05) is 0 Å². The van der Waals surface area contributed by atoms with Gasteiger partial charge in [-0.25, -0.2) is 12.8 Å². The van der Waals surface area contributed by atoms with Crippen molar-refractivity contribution in [2.24, 2.45) is 0 Å². The van der Waals surface area contributed by atoms with E-state index in [9.17, 15) is 17.6 Å².